The van der Waals surface area contributed by atoms with E-state index >= 15 is 0 Å². The Hall–Kier alpha value is -1.65. The number of nitrogens with zero attached hydrogens (tertiary/aromatic N) is 2. The topological polar surface area (TPSA) is 50.1 Å². The maximum absolute atomic E-state index is 9.47. The minimum atomic E-state index is -0.359. The van der Waals surface area contributed by atoms with Crippen LogP contribution in [0.1, 0.15) is 19.4 Å². The first-order valence-electron chi connectivity index (χ1n) is 6.18. The lowest BCUT2D eigenvalue weighted by Crippen LogP contribution is -2.35. The fourth-order valence-electron chi connectivity index (χ4n) is 1.74. The van der Waals surface area contributed by atoms with Gasteiger partial charge in [-0.05, 0) is 31.5 Å². The summed E-state index contributed by atoms with van der Waals surface area (Å²) >= 11 is 0. The predicted molar refractivity (Wildman–Crippen MR) is 71.5 cm³/mol. The summed E-state index contributed by atoms with van der Waals surface area (Å²) < 4.78 is 1.85. The molecule has 0 saturated carbocycles. The van der Waals surface area contributed by atoms with E-state index in [1.54, 1.807) is 13.1 Å². The Morgan fingerprint density at radius 2 is 2.06 bits per heavy atom. The van der Waals surface area contributed by atoms with Crippen LogP contribution in [0.5, 0.6) is 0 Å². The molecule has 0 saturated heterocycles. The van der Waals surface area contributed by atoms with Gasteiger partial charge in [0.05, 0.1) is 11.8 Å². The van der Waals surface area contributed by atoms with Crippen LogP contribution in [0.25, 0.3) is 5.69 Å². The van der Waals surface area contributed by atoms with Gasteiger partial charge in [-0.25, -0.2) is 4.68 Å². The molecular weight excluding hydrogens is 226 g/mol. The summed E-state index contributed by atoms with van der Waals surface area (Å²) in [6.07, 6.45) is 3.33. The third-order valence-electron chi connectivity index (χ3n) is 3.08. The molecule has 0 aliphatic carbocycles. The number of hydrogen-bond donors (Lipinski definition) is 2. The Morgan fingerprint density at radius 1 is 1.28 bits per heavy atom. The minimum absolute atomic E-state index is 0.0654. The smallest absolute Gasteiger partial charge is 0.0690 e. The molecule has 1 heterocycles. The second-order valence-corrected chi connectivity index (χ2v) is 4.49. The highest BCUT2D eigenvalue weighted by molar-refractivity contribution is 5.40. The lowest BCUT2D eigenvalue weighted by Gasteiger charge is -2.18. The van der Waals surface area contributed by atoms with Crippen molar-refractivity contribution in [3.05, 3.63) is 48.3 Å². The molecule has 2 aromatic rings. The zero-order chi connectivity index (χ0) is 13.0. The summed E-state index contributed by atoms with van der Waals surface area (Å²) in [6, 6.07) is 10.1. The average molecular weight is 245 g/mol. The number of rotatable bonds is 5. The first-order chi connectivity index (χ1) is 8.68. The average Bonchev–Trinajstić information content (AvgIpc) is 2.89. The van der Waals surface area contributed by atoms with Crippen molar-refractivity contribution in [2.24, 2.45) is 0 Å². The standard InChI is InChI=1S/C14H19N3O/c1-11(12(2)18)15-10-13-6-3-4-7-14(13)17-9-5-8-16-17/h3-9,11-12,15,18H,10H2,1-2H3. The molecule has 18 heavy (non-hydrogen) atoms. The first kappa shape index (κ1) is 12.8. The van der Waals surface area contributed by atoms with Crippen molar-refractivity contribution < 1.29 is 5.11 Å². The van der Waals surface area contributed by atoms with E-state index in [1.807, 2.05) is 42.1 Å². The van der Waals surface area contributed by atoms with Crippen molar-refractivity contribution in [3.63, 3.8) is 0 Å². The molecule has 0 amide bonds. The van der Waals surface area contributed by atoms with Gasteiger partial charge in [0.1, 0.15) is 0 Å². The fraction of sp³-hybridized carbons (Fsp3) is 0.357. The van der Waals surface area contributed by atoms with E-state index in [2.05, 4.69) is 16.5 Å². The molecule has 1 aromatic carbocycles. The fourth-order valence-corrected chi connectivity index (χ4v) is 1.74. The molecule has 0 bridgehead atoms. The van der Waals surface area contributed by atoms with Gasteiger partial charge in [-0.1, -0.05) is 18.2 Å². The van der Waals surface area contributed by atoms with Crippen LogP contribution in [0, 0.1) is 0 Å². The van der Waals surface area contributed by atoms with Crippen molar-refractivity contribution in [1.29, 1.82) is 0 Å². The van der Waals surface area contributed by atoms with Gasteiger partial charge in [0.25, 0.3) is 0 Å². The zero-order valence-corrected chi connectivity index (χ0v) is 10.7. The van der Waals surface area contributed by atoms with Gasteiger partial charge in [0, 0.05) is 25.0 Å². The van der Waals surface area contributed by atoms with E-state index in [0.717, 1.165) is 11.3 Å². The van der Waals surface area contributed by atoms with Gasteiger partial charge in [0.2, 0.25) is 0 Å². The molecule has 4 nitrogen and oxygen atoms in total. The van der Waals surface area contributed by atoms with Crippen LogP contribution in [0.3, 0.4) is 0 Å². The largest absolute Gasteiger partial charge is 0.392 e. The second-order valence-electron chi connectivity index (χ2n) is 4.49. The third kappa shape index (κ3) is 2.97. The van der Waals surface area contributed by atoms with Crippen molar-refractivity contribution in [2.75, 3.05) is 0 Å². The SMILES string of the molecule is CC(O)C(C)NCc1ccccc1-n1cccn1. The quantitative estimate of drug-likeness (QED) is 0.843. The molecule has 2 atom stereocenters. The van der Waals surface area contributed by atoms with Crippen molar-refractivity contribution in [3.8, 4) is 5.69 Å². The van der Waals surface area contributed by atoms with E-state index in [4.69, 9.17) is 0 Å². The van der Waals surface area contributed by atoms with Crippen molar-refractivity contribution in [1.82, 2.24) is 15.1 Å². The molecule has 2 rings (SSSR count). The number of nitrogens with one attached hydrogen (secondary N) is 1. The minimum Gasteiger partial charge on any atom is -0.392 e. The Bertz CT molecular complexity index is 480. The molecule has 0 spiro atoms. The molecule has 0 radical (unpaired) electrons. The first-order valence-corrected chi connectivity index (χ1v) is 6.18. The van der Waals surface area contributed by atoms with Crippen LogP contribution in [-0.4, -0.2) is 27.0 Å². The zero-order valence-electron chi connectivity index (χ0n) is 10.7. The van der Waals surface area contributed by atoms with Crippen LogP contribution in [0.4, 0.5) is 0 Å². The third-order valence-corrected chi connectivity index (χ3v) is 3.08. The lowest BCUT2D eigenvalue weighted by atomic mass is 10.1. The summed E-state index contributed by atoms with van der Waals surface area (Å²) in [7, 11) is 0. The number of aromatic nitrogens is 2. The van der Waals surface area contributed by atoms with Gasteiger partial charge in [0.15, 0.2) is 0 Å². The molecule has 2 unspecified atom stereocenters. The van der Waals surface area contributed by atoms with E-state index < -0.39 is 0 Å². The van der Waals surface area contributed by atoms with Crippen molar-refractivity contribution >= 4 is 0 Å². The normalized spacial score (nSPS) is 14.4. The van der Waals surface area contributed by atoms with Crippen LogP contribution >= 0.6 is 0 Å². The molecular formula is C14H19N3O. The highest BCUT2D eigenvalue weighted by Crippen LogP contribution is 2.13. The summed E-state index contributed by atoms with van der Waals surface area (Å²) in [5, 5.41) is 17.0. The van der Waals surface area contributed by atoms with E-state index in [1.165, 1.54) is 0 Å². The molecule has 4 heteroatoms. The van der Waals surface area contributed by atoms with Crippen LogP contribution in [0.2, 0.25) is 0 Å². The van der Waals surface area contributed by atoms with Crippen molar-refractivity contribution in [2.45, 2.75) is 32.5 Å². The van der Waals surface area contributed by atoms with E-state index in [-0.39, 0.29) is 12.1 Å². The van der Waals surface area contributed by atoms with Crippen LogP contribution in [0.15, 0.2) is 42.7 Å². The van der Waals surface area contributed by atoms with E-state index in [0.29, 0.717) is 6.54 Å². The second kappa shape index (κ2) is 5.80. The Labute approximate surface area is 107 Å². The summed E-state index contributed by atoms with van der Waals surface area (Å²) in [5.74, 6) is 0. The highest BCUT2D eigenvalue weighted by atomic mass is 16.3. The lowest BCUT2D eigenvalue weighted by molar-refractivity contribution is 0.152. The molecule has 0 aliphatic heterocycles. The van der Waals surface area contributed by atoms with Gasteiger partial charge < -0.3 is 10.4 Å². The molecule has 1 aromatic heterocycles. The van der Waals surface area contributed by atoms with Crippen LogP contribution < -0.4 is 5.32 Å². The van der Waals surface area contributed by atoms with Gasteiger partial charge in [-0.15, -0.1) is 0 Å². The van der Waals surface area contributed by atoms with Gasteiger partial charge >= 0.3 is 0 Å². The monoisotopic (exact) mass is 245 g/mol. The summed E-state index contributed by atoms with van der Waals surface area (Å²) in [4.78, 5) is 0. The number of benzene rings is 1. The molecule has 0 fully saturated rings. The number of hydrogen-bond acceptors (Lipinski definition) is 3. The van der Waals surface area contributed by atoms with Crippen LogP contribution in [-0.2, 0) is 6.54 Å². The number of aliphatic hydroxyl groups is 1. The van der Waals surface area contributed by atoms with E-state index in [9.17, 15) is 5.11 Å². The molecule has 96 valence electrons. The van der Waals surface area contributed by atoms with Gasteiger partial charge in [-0.2, -0.15) is 5.10 Å². The molecule has 0 aliphatic rings. The molecule has 2 N–H and O–H groups in total. The number of aliphatic hydroxyl groups excluding tert-OH is 1. The Balaban J connectivity index is 2.14. The Kier molecular flexibility index (Phi) is 4.12. The maximum atomic E-state index is 9.47. The maximum Gasteiger partial charge on any atom is 0.0690 e. The predicted octanol–water partition coefficient (Wildman–Crippen LogP) is 1.73. The summed E-state index contributed by atoms with van der Waals surface area (Å²) in [6.45, 7) is 4.47. The number of para-hydroxylation sites is 1. The Morgan fingerprint density at radius 3 is 2.72 bits per heavy atom. The summed E-state index contributed by atoms with van der Waals surface area (Å²) in [5.41, 5.74) is 2.22. The van der Waals surface area contributed by atoms with Gasteiger partial charge in [-0.3, -0.25) is 0 Å². The highest BCUT2D eigenvalue weighted by Gasteiger charge is 2.09.